The van der Waals surface area contributed by atoms with Crippen LogP contribution in [-0.4, -0.2) is 39.5 Å². The van der Waals surface area contributed by atoms with Crippen LogP contribution in [0.1, 0.15) is 45.0 Å². The summed E-state index contributed by atoms with van der Waals surface area (Å²) in [5, 5.41) is 0. The Morgan fingerprint density at radius 3 is 3.05 bits per heavy atom. The molecule has 1 aliphatic heterocycles. The molecule has 1 saturated heterocycles. The van der Waals surface area contributed by atoms with Crippen LogP contribution in [0.4, 0.5) is 0 Å². The number of nitrogens with zero attached hydrogens (tertiary/aromatic N) is 3. The maximum absolute atomic E-state index is 12.2. The first-order valence-corrected chi connectivity index (χ1v) is 7.23. The van der Waals surface area contributed by atoms with E-state index in [2.05, 4.69) is 16.5 Å². The lowest BCUT2D eigenvalue weighted by molar-refractivity contribution is -0.134. The van der Waals surface area contributed by atoms with Crippen LogP contribution in [0.5, 0.6) is 0 Å². The van der Waals surface area contributed by atoms with E-state index in [4.69, 9.17) is 5.73 Å². The number of rotatable bonds is 4. The normalized spacial score (nSPS) is 21.4. The van der Waals surface area contributed by atoms with E-state index in [1.165, 1.54) is 0 Å². The van der Waals surface area contributed by atoms with Crippen molar-refractivity contribution in [2.45, 2.75) is 51.6 Å². The molecule has 2 rings (SSSR count). The molecular weight excluding hydrogens is 240 g/mol. The molecule has 0 spiro atoms. The summed E-state index contributed by atoms with van der Waals surface area (Å²) in [6, 6.07) is -0.00797. The van der Waals surface area contributed by atoms with E-state index in [9.17, 15) is 4.79 Å². The summed E-state index contributed by atoms with van der Waals surface area (Å²) in [7, 11) is 0. The highest BCUT2D eigenvalue weighted by atomic mass is 16.2. The number of aromatic nitrogens is 2. The fourth-order valence-electron chi connectivity index (χ4n) is 2.74. The first kappa shape index (κ1) is 14.1. The number of likely N-dealkylation sites (tertiary alicyclic amines) is 1. The van der Waals surface area contributed by atoms with E-state index in [0.29, 0.717) is 12.5 Å². The molecule has 2 atom stereocenters. The van der Waals surface area contributed by atoms with Gasteiger partial charge in [0, 0.05) is 31.9 Å². The van der Waals surface area contributed by atoms with Gasteiger partial charge >= 0.3 is 0 Å². The van der Waals surface area contributed by atoms with Crippen LogP contribution < -0.4 is 5.73 Å². The molecule has 5 heteroatoms. The number of imidazole rings is 1. The summed E-state index contributed by atoms with van der Waals surface area (Å²) >= 11 is 0. The predicted molar refractivity (Wildman–Crippen MR) is 74.7 cm³/mol. The Bertz CT molecular complexity index is 429. The number of hydrogen-bond acceptors (Lipinski definition) is 3. The highest BCUT2D eigenvalue weighted by molar-refractivity contribution is 5.81. The molecule has 1 amide bonds. The molecule has 106 valence electrons. The Labute approximate surface area is 114 Å². The zero-order chi connectivity index (χ0) is 13.8. The summed E-state index contributed by atoms with van der Waals surface area (Å²) in [5.74, 6) is 1.18. The van der Waals surface area contributed by atoms with Crippen LogP contribution in [0.25, 0.3) is 0 Å². The Balaban J connectivity index is 2.07. The van der Waals surface area contributed by atoms with Crippen LogP contribution in [-0.2, 0) is 11.2 Å². The van der Waals surface area contributed by atoms with Crippen LogP contribution in [0.2, 0.25) is 0 Å². The van der Waals surface area contributed by atoms with Crippen LogP contribution in [0.15, 0.2) is 12.4 Å². The Morgan fingerprint density at radius 2 is 2.37 bits per heavy atom. The van der Waals surface area contributed by atoms with Crippen molar-refractivity contribution in [1.29, 1.82) is 0 Å². The van der Waals surface area contributed by atoms with E-state index < -0.39 is 0 Å². The topological polar surface area (TPSA) is 64.2 Å². The zero-order valence-corrected chi connectivity index (χ0v) is 11.9. The van der Waals surface area contributed by atoms with Gasteiger partial charge in [-0.05, 0) is 19.3 Å². The van der Waals surface area contributed by atoms with Gasteiger partial charge in [-0.25, -0.2) is 4.98 Å². The molecule has 1 aromatic rings. The van der Waals surface area contributed by atoms with Gasteiger partial charge < -0.3 is 15.2 Å². The fraction of sp³-hybridized carbons (Fsp3) is 0.714. The van der Waals surface area contributed by atoms with Crippen molar-refractivity contribution >= 4 is 5.91 Å². The number of carbonyl (C=O) groups is 1. The van der Waals surface area contributed by atoms with Crippen molar-refractivity contribution in [1.82, 2.24) is 14.5 Å². The SMILES string of the molecule is CCc1nccn1C1CCCN(C(=O)[C@@H](N)CC)C1. The third kappa shape index (κ3) is 2.97. The van der Waals surface area contributed by atoms with Crippen molar-refractivity contribution < 1.29 is 4.79 Å². The number of nitrogens with two attached hydrogens (primary N) is 1. The molecule has 1 unspecified atom stereocenters. The third-order valence-corrected chi connectivity index (χ3v) is 3.92. The van der Waals surface area contributed by atoms with Crippen molar-refractivity contribution in [2.24, 2.45) is 5.73 Å². The smallest absolute Gasteiger partial charge is 0.239 e. The van der Waals surface area contributed by atoms with Crippen molar-refractivity contribution in [3.8, 4) is 0 Å². The second-order valence-electron chi connectivity index (χ2n) is 5.20. The summed E-state index contributed by atoms with van der Waals surface area (Å²) < 4.78 is 2.22. The van der Waals surface area contributed by atoms with E-state index in [0.717, 1.165) is 38.2 Å². The number of carbonyl (C=O) groups excluding carboxylic acids is 1. The van der Waals surface area contributed by atoms with Gasteiger partial charge in [0.15, 0.2) is 0 Å². The predicted octanol–water partition coefficient (Wildman–Crippen LogP) is 1.35. The van der Waals surface area contributed by atoms with Gasteiger partial charge in [-0.15, -0.1) is 0 Å². The monoisotopic (exact) mass is 264 g/mol. The molecular formula is C14H24N4O. The highest BCUT2D eigenvalue weighted by Gasteiger charge is 2.27. The minimum Gasteiger partial charge on any atom is -0.339 e. The molecule has 0 radical (unpaired) electrons. The molecule has 5 nitrogen and oxygen atoms in total. The van der Waals surface area contributed by atoms with Gasteiger partial charge in [0.05, 0.1) is 12.1 Å². The molecule has 2 N–H and O–H groups in total. The van der Waals surface area contributed by atoms with Crippen molar-refractivity contribution in [2.75, 3.05) is 13.1 Å². The fourth-order valence-corrected chi connectivity index (χ4v) is 2.74. The van der Waals surface area contributed by atoms with Gasteiger partial charge in [-0.3, -0.25) is 4.79 Å². The van der Waals surface area contributed by atoms with Gasteiger partial charge in [0.1, 0.15) is 5.82 Å². The first-order valence-electron chi connectivity index (χ1n) is 7.23. The van der Waals surface area contributed by atoms with Gasteiger partial charge in [-0.1, -0.05) is 13.8 Å². The van der Waals surface area contributed by atoms with E-state index in [1.807, 2.05) is 24.2 Å². The Morgan fingerprint density at radius 1 is 1.58 bits per heavy atom. The lowest BCUT2D eigenvalue weighted by atomic mass is 10.0. The summed E-state index contributed by atoms with van der Waals surface area (Å²) in [6.07, 6.45) is 7.63. The largest absolute Gasteiger partial charge is 0.339 e. The lowest BCUT2D eigenvalue weighted by Crippen LogP contribution is -2.48. The number of hydrogen-bond donors (Lipinski definition) is 1. The molecule has 1 fully saturated rings. The quantitative estimate of drug-likeness (QED) is 0.892. The van der Waals surface area contributed by atoms with Crippen molar-refractivity contribution in [3.63, 3.8) is 0 Å². The van der Waals surface area contributed by atoms with Crippen LogP contribution in [0.3, 0.4) is 0 Å². The minimum absolute atomic E-state index is 0.0883. The molecule has 0 aromatic carbocycles. The maximum atomic E-state index is 12.2. The molecule has 1 aliphatic rings. The van der Waals surface area contributed by atoms with E-state index >= 15 is 0 Å². The standard InChI is InChI=1S/C14H24N4O/c1-3-12(15)14(19)17-8-5-6-11(10-17)18-9-7-16-13(18)4-2/h7,9,11-12H,3-6,8,10,15H2,1-2H3/t11?,12-/m0/s1. The molecule has 0 aliphatic carbocycles. The molecule has 1 aromatic heterocycles. The van der Waals surface area contributed by atoms with E-state index in [-0.39, 0.29) is 11.9 Å². The molecule has 0 bridgehead atoms. The average molecular weight is 264 g/mol. The summed E-state index contributed by atoms with van der Waals surface area (Å²) in [4.78, 5) is 18.5. The van der Waals surface area contributed by atoms with Crippen LogP contribution in [0, 0.1) is 0 Å². The van der Waals surface area contributed by atoms with Crippen molar-refractivity contribution in [3.05, 3.63) is 18.2 Å². The second kappa shape index (κ2) is 6.19. The maximum Gasteiger partial charge on any atom is 0.239 e. The molecule has 19 heavy (non-hydrogen) atoms. The number of amides is 1. The first-order chi connectivity index (χ1) is 9.17. The number of piperidine rings is 1. The average Bonchev–Trinajstić information content (AvgIpc) is 2.94. The zero-order valence-electron chi connectivity index (χ0n) is 11.9. The highest BCUT2D eigenvalue weighted by Crippen LogP contribution is 2.23. The molecule has 0 saturated carbocycles. The lowest BCUT2D eigenvalue weighted by Gasteiger charge is -2.35. The summed E-state index contributed by atoms with van der Waals surface area (Å²) in [6.45, 7) is 5.65. The molecule has 2 heterocycles. The minimum atomic E-state index is -0.354. The number of aryl methyl sites for hydroxylation is 1. The van der Waals surface area contributed by atoms with Gasteiger partial charge in [0.25, 0.3) is 0 Å². The third-order valence-electron chi connectivity index (χ3n) is 3.92. The van der Waals surface area contributed by atoms with Crippen LogP contribution >= 0.6 is 0 Å². The Hall–Kier alpha value is -1.36. The van der Waals surface area contributed by atoms with Gasteiger partial charge in [0.2, 0.25) is 5.91 Å². The second-order valence-corrected chi connectivity index (χ2v) is 5.20. The summed E-state index contributed by atoms with van der Waals surface area (Å²) in [5.41, 5.74) is 5.86. The Kier molecular flexibility index (Phi) is 4.58. The van der Waals surface area contributed by atoms with E-state index in [1.54, 1.807) is 0 Å². The van der Waals surface area contributed by atoms with Gasteiger partial charge in [-0.2, -0.15) is 0 Å².